The molecule has 0 aliphatic carbocycles. The second kappa shape index (κ2) is 7.11. The molecule has 1 aromatic rings. The van der Waals surface area contributed by atoms with Crippen molar-refractivity contribution in [3.8, 4) is 11.5 Å². The molecule has 1 aromatic carbocycles. The summed E-state index contributed by atoms with van der Waals surface area (Å²) in [6.07, 6.45) is 0.440. The van der Waals surface area contributed by atoms with Crippen molar-refractivity contribution < 1.29 is 19.4 Å². The molecule has 0 saturated carbocycles. The second-order valence-electron chi connectivity index (χ2n) is 3.65. The molecule has 0 atom stereocenters. The molecule has 0 spiro atoms. The molecule has 0 aromatic heterocycles. The molecule has 0 heterocycles. The van der Waals surface area contributed by atoms with Crippen molar-refractivity contribution in [1.29, 1.82) is 0 Å². The maximum atomic E-state index is 10.6. The number of carboxylic acids is 1. The predicted octanol–water partition coefficient (Wildman–Crippen LogP) is 3.15. The standard InChI is InChI=1S/C13H17ClO4/c1-3-17-11-8-10(14)12(18-4-2)7-9(11)5-6-13(15)16/h7-8H,3-6H2,1-2H3,(H,15,16). The van der Waals surface area contributed by atoms with Crippen LogP contribution in [0.3, 0.4) is 0 Å². The van der Waals surface area contributed by atoms with Crippen LogP contribution in [0, 0.1) is 0 Å². The van der Waals surface area contributed by atoms with Crippen LogP contribution in [0.1, 0.15) is 25.8 Å². The summed E-state index contributed by atoms with van der Waals surface area (Å²) in [4.78, 5) is 10.6. The highest BCUT2D eigenvalue weighted by Crippen LogP contribution is 2.33. The highest BCUT2D eigenvalue weighted by Gasteiger charge is 2.12. The van der Waals surface area contributed by atoms with E-state index < -0.39 is 5.97 Å². The summed E-state index contributed by atoms with van der Waals surface area (Å²) in [6, 6.07) is 3.42. The monoisotopic (exact) mass is 272 g/mol. The van der Waals surface area contributed by atoms with Gasteiger partial charge in [-0.3, -0.25) is 4.79 Å². The summed E-state index contributed by atoms with van der Waals surface area (Å²) < 4.78 is 10.8. The van der Waals surface area contributed by atoms with Crippen molar-refractivity contribution in [3.05, 3.63) is 22.7 Å². The molecule has 0 unspecified atom stereocenters. The van der Waals surface area contributed by atoms with Gasteiger partial charge in [0.25, 0.3) is 0 Å². The number of rotatable bonds is 7. The lowest BCUT2D eigenvalue weighted by atomic mass is 10.1. The van der Waals surface area contributed by atoms with Gasteiger partial charge < -0.3 is 14.6 Å². The van der Waals surface area contributed by atoms with Crippen molar-refractivity contribution in [2.45, 2.75) is 26.7 Å². The zero-order chi connectivity index (χ0) is 13.5. The molecule has 0 saturated heterocycles. The number of aliphatic carboxylic acids is 1. The highest BCUT2D eigenvalue weighted by atomic mass is 35.5. The normalized spacial score (nSPS) is 10.2. The van der Waals surface area contributed by atoms with Gasteiger partial charge in [0.2, 0.25) is 0 Å². The Kier molecular flexibility index (Phi) is 5.78. The van der Waals surface area contributed by atoms with Gasteiger partial charge in [-0.15, -0.1) is 0 Å². The van der Waals surface area contributed by atoms with Crippen LogP contribution < -0.4 is 9.47 Å². The molecule has 4 nitrogen and oxygen atoms in total. The topological polar surface area (TPSA) is 55.8 Å². The number of halogens is 1. The average molecular weight is 273 g/mol. The Bertz CT molecular complexity index is 418. The third-order valence-electron chi connectivity index (χ3n) is 2.32. The van der Waals surface area contributed by atoms with Crippen molar-refractivity contribution in [2.75, 3.05) is 13.2 Å². The van der Waals surface area contributed by atoms with E-state index in [1.807, 2.05) is 13.8 Å². The summed E-state index contributed by atoms with van der Waals surface area (Å²) in [7, 11) is 0. The number of hydrogen-bond acceptors (Lipinski definition) is 3. The second-order valence-corrected chi connectivity index (χ2v) is 4.06. The maximum absolute atomic E-state index is 10.6. The van der Waals surface area contributed by atoms with Crippen LogP contribution in [0.4, 0.5) is 0 Å². The molecule has 0 aliphatic heterocycles. The maximum Gasteiger partial charge on any atom is 0.303 e. The summed E-state index contributed by atoms with van der Waals surface area (Å²) in [5, 5.41) is 9.20. The van der Waals surface area contributed by atoms with Gasteiger partial charge in [0, 0.05) is 12.5 Å². The number of hydrogen-bond donors (Lipinski definition) is 1. The molecule has 0 radical (unpaired) electrons. The Labute approximate surface area is 111 Å². The van der Waals surface area contributed by atoms with Gasteiger partial charge in [0.15, 0.2) is 0 Å². The van der Waals surface area contributed by atoms with E-state index in [1.54, 1.807) is 12.1 Å². The average Bonchev–Trinajstić information content (AvgIpc) is 2.31. The Hall–Kier alpha value is -1.42. The first-order valence-corrected chi connectivity index (χ1v) is 6.26. The molecule has 18 heavy (non-hydrogen) atoms. The minimum atomic E-state index is -0.842. The predicted molar refractivity (Wildman–Crippen MR) is 69.7 cm³/mol. The van der Waals surface area contributed by atoms with Gasteiger partial charge in [0.05, 0.1) is 18.2 Å². The van der Waals surface area contributed by atoms with Crippen molar-refractivity contribution in [2.24, 2.45) is 0 Å². The SMILES string of the molecule is CCOc1cc(CCC(=O)O)c(OCC)cc1Cl. The number of benzene rings is 1. The quantitative estimate of drug-likeness (QED) is 0.828. The lowest BCUT2D eigenvalue weighted by Crippen LogP contribution is -2.03. The van der Waals surface area contributed by atoms with E-state index in [0.717, 1.165) is 5.56 Å². The van der Waals surface area contributed by atoms with E-state index in [2.05, 4.69) is 0 Å². The van der Waals surface area contributed by atoms with E-state index in [4.69, 9.17) is 26.2 Å². The van der Waals surface area contributed by atoms with Crippen LogP contribution in [-0.4, -0.2) is 24.3 Å². The van der Waals surface area contributed by atoms with Crippen molar-refractivity contribution in [3.63, 3.8) is 0 Å². The zero-order valence-corrected chi connectivity index (χ0v) is 11.3. The summed E-state index contributed by atoms with van der Waals surface area (Å²) in [5.41, 5.74) is 0.798. The van der Waals surface area contributed by atoms with Gasteiger partial charge in [-0.2, -0.15) is 0 Å². The Morgan fingerprint density at radius 3 is 2.39 bits per heavy atom. The van der Waals surface area contributed by atoms with Gasteiger partial charge in [-0.1, -0.05) is 11.6 Å². The molecule has 5 heteroatoms. The molecule has 100 valence electrons. The lowest BCUT2D eigenvalue weighted by Gasteiger charge is -2.13. The van der Waals surface area contributed by atoms with E-state index in [9.17, 15) is 4.79 Å². The molecular weight excluding hydrogens is 256 g/mol. The molecular formula is C13H17ClO4. The third-order valence-corrected chi connectivity index (χ3v) is 2.62. The molecule has 0 amide bonds. The van der Waals surface area contributed by atoms with Crippen LogP contribution in [-0.2, 0) is 11.2 Å². The van der Waals surface area contributed by atoms with Gasteiger partial charge in [-0.25, -0.2) is 0 Å². The number of carbonyl (C=O) groups is 1. The fourth-order valence-corrected chi connectivity index (χ4v) is 1.78. The minimum absolute atomic E-state index is 0.0489. The van der Waals surface area contributed by atoms with Crippen LogP contribution >= 0.6 is 11.6 Å². The van der Waals surface area contributed by atoms with Gasteiger partial charge in [0.1, 0.15) is 11.5 Å². The summed E-state index contributed by atoms with van der Waals surface area (Å²) in [5.74, 6) is 0.334. The molecule has 1 N–H and O–H groups in total. The smallest absolute Gasteiger partial charge is 0.303 e. The van der Waals surface area contributed by atoms with Crippen LogP contribution in [0.5, 0.6) is 11.5 Å². The molecule has 0 bridgehead atoms. The minimum Gasteiger partial charge on any atom is -0.494 e. The molecule has 0 aliphatic rings. The first kappa shape index (κ1) is 14.6. The fraction of sp³-hybridized carbons (Fsp3) is 0.462. The Balaban J connectivity index is 3.00. The van der Waals surface area contributed by atoms with E-state index in [0.29, 0.717) is 36.2 Å². The Morgan fingerprint density at radius 2 is 1.83 bits per heavy atom. The van der Waals surface area contributed by atoms with Crippen molar-refractivity contribution >= 4 is 17.6 Å². The van der Waals surface area contributed by atoms with E-state index in [-0.39, 0.29) is 6.42 Å². The number of aryl methyl sites for hydroxylation is 1. The van der Waals surface area contributed by atoms with E-state index in [1.165, 1.54) is 0 Å². The van der Waals surface area contributed by atoms with Crippen LogP contribution in [0.15, 0.2) is 12.1 Å². The van der Waals surface area contributed by atoms with Gasteiger partial charge >= 0.3 is 5.97 Å². The highest BCUT2D eigenvalue weighted by molar-refractivity contribution is 6.32. The first-order chi connectivity index (χ1) is 8.58. The largest absolute Gasteiger partial charge is 0.494 e. The lowest BCUT2D eigenvalue weighted by molar-refractivity contribution is -0.136. The fourth-order valence-electron chi connectivity index (χ4n) is 1.57. The van der Waals surface area contributed by atoms with Gasteiger partial charge in [-0.05, 0) is 31.9 Å². The number of ether oxygens (including phenoxy) is 2. The number of carboxylic acid groups (broad SMARTS) is 1. The summed E-state index contributed by atoms with van der Waals surface area (Å²) >= 11 is 6.06. The van der Waals surface area contributed by atoms with Crippen LogP contribution in [0.25, 0.3) is 0 Å². The summed E-state index contributed by atoms with van der Waals surface area (Å²) in [6.45, 7) is 4.74. The van der Waals surface area contributed by atoms with Crippen molar-refractivity contribution in [1.82, 2.24) is 0 Å². The molecule has 0 fully saturated rings. The zero-order valence-electron chi connectivity index (χ0n) is 10.5. The molecule has 1 rings (SSSR count). The van der Waals surface area contributed by atoms with Crippen LogP contribution in [0.2, 0.25) is 5.02 Å². The van der Waals surface area contributed by atoms with E-state index >= 15 is 0 Å². The Morgan fingerprint density at radius 1 is 1.22 bits per heavy atom. The first-order valence-electron chi connectivity index (χ1n) is 5.88. The third kappa shape index (κ3) is 4.11.